The number of halogens is 1. The van der Waals surface area contributed by atoms with Gasteiger partial charge in [0.25, 0.3) is 0 Å². The first-order valence-corrected chi connectivity index (χ1v) is 15.3. The van der Waals surface area contributed by atoms with E-state index in [9.17, 15) is 9.18 Å². The molecule has 3 fully saturated rings. The van der Waals surface area contributed by atoms with Crippen molar-refractivity contribution in [2.45, 2.75) is 111 Å². The normalized spacial score (nSPS) is 37.8. The van der Waals surface area contributed by atoms with Crippen LogP contribution in [-0.2, 0) is 4.74 Å². The molecule has 3 unspecified atom stereocenters. The molecule has 3 saturated carbocycles. The van der Waals surface area contributed by atoms with Crippen LogP contribution in [0.3, 0.4) is 0 Å². The van der Waals surface area contributed by atoms with Gasteiger partial charge in [-0.1, -0.05) is 65.5 Å². The lowest BCUT2D eigenvalue weighted by Gasteiger charge is -2.58. The molecule has 0 N–H and O–H groups in total. The fourth-order valence-corrected chi connectivity index (χ4v) is 9.56. The molecule has 1 aromatic rings. The smallest absolute Gasteiger partial charge is 0.338 e. The number of hydrogen-bond donors (Lipinski definition) is 0. The van der Waals surface area contributed by atoms with Crippen molar-refractivity contribution in [2.24, 2.45) is 46.3 Å². The maximum atomic E-state index is 13.3. The third kappa shape index (κ3) is 5.06. The van der Waals surface area contributed by atoms with E-state index in [4.69, 9.17) is 4.74 Å². The maximum absolute atomic E-state index is 13.3. The Morgan fingerprint density at radius 1 is 1.00 bits per heavy atom. The van der Waals surface area contributed by atoms with E-state index < -0.39 is 0 Å². The van der Waals surface area contributed by atoms with Crippen LogP contribution in [0, 0.1) is 52.2 Å². The van der Waals surface area contributed by atoms with Gasteiger partial charge in [0.15, 0.2) is 0 Å². The predicted octanol–water partition coefficient (Wildman–Crippen LogP) is 9.39. The second-order valence-electron chi connectivity index (χ2n) is 14.1. The molecule has 0 aliphatic heterocycles. The van der Waals surface area contributed by atoms with Crippen molar-refractivity contribution in [1.82, 2.24) is 0 Å². The van der Waals surface area contributed by atoms with Crippen molar-refractivity contribution in [2.75, 3.05) is 0 Å². The Morgan fingerprint density at radius 3 is 2.49 bits per heavy atom. The van der Waals surface area contributed by atoms with Gasteiger partial charge >= 0.3 is 5.97 Å². The Labute approximate surface area is 224 Å². The van der Waals surface area contributed by atoms with Crippen LogP contribution in [0.4, 0.5) is 4.39 Å². The molecule has 0 radical (unpaired) electrons. The summed E-state index contributed by atoms with van der Waals surface area (Å²) < 4.78 is 19.2. The second kappa shape index (κ2) is 10.5. The highest BCUT2D eigenvalue weighted by molar-refractivity contribution is 5.89. The summed E-state index contributed by atoms with van der Waals surface area (Å²) in [6, 6.07) is 5.70. The number of esters is 1. The minimum atomic E-state index is -0.329. The van der Waals surface area contributed by atoms with Crippen LogP contribution in [0.25, 0.3) is 0 Å². The fourth-order valence-electron chi connectivity index (χ4n) is 9.56. The van der Waals surface area contributed by atoms with Gasteiger partial charge in [0.05, 0.1) is 5.56 Å². The lowest BCUT2D eigenvalue weighted by Crippen LogP contribution is -2.51. The summed E-state index contributed by atoms with van der Waals surface area (Å²) in [5, 5.41) is 0. The minimum Gasteiger partial charge on any atom is -0.458 e. The number of hydrogen-bond acceptors (Lipinski definition) is 2. The molecule has 0 amide bonds. The summed E-state index contributed by atoms with van der Waals surface area (Å²) in [7, 11) is 0. The van der Waals surface area contributed by atoms with E-state index in [1.54, 1.807) is 0 Å². The number of ether oxygens (including phenoxy) is 1. The number of rotatable bonds is 7. The molecule has 204 valence electrons. The Kier molecular flexibility index (Phi) is 7.64. The number of carbonyl (C=O) groups is 1. The molecule has 0 saturated heterocycles. The zero-order valence-corrected chi connectivity index (χ0v) is 23.9. The van der Waals surface area contributed by atoms with E-state index in [0.717, 1.165) is 54.8 Å². The van der Waals surface area contributed by atoms with Crippen LogP contribution < -0.4 is 0 Å². The van der Waals surface area contributed by atoms with Crippen LogP contribution in [-0.4, -0.2) is 12.1 Å². The van der Waals surface area contributed by atoms with E-state index in [0.29, 0.717) is 11.0 Å². The van der Waals surface area contributed by atoms with Gasteiger partial charge in [-0.05, 0) is 116 Å². The average molecular weight is 508 g/mol. The molecular formula is C34H49FO2. The maximum Gasteiger partial charge on any atom is 0.338 e. The Hall–Kier alpha value is -1.64. The summed E-state index contributed by atoms with van der Waals surface area (Å²) in [6.45, 7) is 12.5. The van der Waals surface area contributed by atoms with E-state index in [-0.39, 0.29) is 23.3 Å². The van der Waals surface area contributed by atoms with Crippen LogP contribution in [0.2, 0.25) is 0 Å². The Bertz CT molecular complexity index is 996. The number of allylic oxidation sites excluding steroid dienone is 1. The molecule has 3 heteroatoms. The lowest BCUT2D eigenvalue weighted by molar-refractivity contribution is -0.0594. The highest BCUT2D eigenvalue weighted by Gasteiger charge is 2.59. The van der Waals surface area contributed by atoms with Gasteiger partial charge in [0, 0.05) is 6.42 Å². The zero-order chi connectivity index (χ0) is 26.4. The molecular weight excluding hydrogens is 458 g/mol. The molecule has 1 aromatic carbocycles. The molecule has 5 rings (SSSR count). The van der Waals surface area contributed by atoms with Crippen molar-refractivity contribution in [3.63, 3.8) is 0 Å². The lowest BCUT2D eigenvalue weighted by atomic mass is 9.47. The standard InChI is InChI=1S/C34H49FO2/c1-22(2)7-6-8-23(3)29-15-16-30-28-14-11-25-21-27(37-32(36)24-9-12-26(35)13-10-24)17-19-33(25,4)31(28)18-20-34(29,30)5/h9-13,22-23,27-31H,6-8,14-21H2,1-5H3/t23?,27?,28-,29?,30-,31+,33-,34+/m0/s1/i35-1. The van der Waals surface area contributed by atoms with Gasteiger partial charge in [-0.3, -0.25) is 0 Å². The number of fused-ring (bicyclic) bond motifs is 5. The molecule has 0 bridgehead atoms. The molecule has 0 spiro atoms. The first-order valence-electron chi connectivity index (χ1n) is 15.3. The van der Waals surface area contributed by atoms with Crippen molar-refractivity contribution in [3.8, 4) is 0 Å². The van der Waals surface area contributed by atoms with Crippen molar-refractivity contribution >= 4 is 5.97 Å². The highest BCUT2D eigenvalue weighted by atomic mass is 18.2. The summed E-state index contributed by atoms with van der Waals surface area (Å²) in [5.41, 5.74) is 2.75. The average Bonchev–Trinajstić information content (AvgIpc) is 3.21. The third-order valence-electron chi connectivity index (χ3n) is 11.6. The summed E-state index contributed by atoms with van der Waals surface area (Å²) in [6.07, 6.45) is 16.4. The van der Waals surface area contributed by atoms with Gasteiger partial charge in [-0.25, -0.2) is 9.18 Å². The molecule has 0 aromatic heterocycles. The molecule has 0 heterocycles. The first kappa shape index (κ1) is 26.9. The van der Waals surface area contributed by atoms with Crippen LogP contribution >= 0.6 is 0 Å². The fraction of sp³-hybridized carbons (Fsp3) is 0.735. The van der Waals surface area contributed by atoms with Gasteiger partial charge < -0.3 is 4.74 Å². The SMILES string of the molecule is CC(C)CCCC(C)C1CC[C@H]2[C@@H]3CC=C4CC(OC(=O)c5ccc([18F])cc5)CC[C@]4(C)[C@@H]3CC[C@]12C. The Balaban J connectivity index is 1.25. The number of carbonyl (C=O) groups excluding carboxylic acids is 1. The summed E-state index contributed by atoms with van der Waals surface area (Å²) >= 11 is 0. The molecule has 8 atom stereocenters. The van der Waals surface area contributed by atoms with Gasteiger partial charge in [-0.15, -0.1) is 0 Å². The number of benzene rings is 1. The topological polar surface area (TPSA) is 26.3 Å². The van der Waals surface area contributed by atoms with E-state index in [1.807, 2.05) is 0 Å². The van der Waals surface area contributed by atoms with E-state index in [1.165, 1.54) is 81.2 Å². The van der Waals surface area contributed by atoms with Gasteiger partial charge in [-0.2, -0.15) is 0 Å². The largest absolute Gasteiger partial charge is 0.458 e. The molecule has 4 aliphatic rings. The highest BCUT2D eigenvalue weighted by Crippen LogP contribution is 2.67. The second-order valence-corrected chi connectivity index (χ2v) is 14.1. The molecule has 37 heavy (non-hydrogen) atoms. The van der Waals surface area contributed by atoms with Crippen molar-refractivity contribution in [1.29, 1.82) is 0 Å². The van der Waals surface area contributed by atoms with Crippen LogP contribution in [0.15, 0.2) is 35.9 Å². The van der Waals surface area contributed by atoms with Crippen molar-refractivity contribution in [3.05, 3.63) is 47.3 Å². The van der Waals surface area contributed by atoms with Crippen molar-refractivity contribution < 1.29 is 13.9 Å². The third-order valence-corrected chi connectivity index (χ3v) is 11.6. The molecule has 4 aliphatic carbocycles. The predicted molar refractivity (Wildman–Crippen MR) is 149 cm³/mol. The van der Waals surface area contributed by atoms with Crippen LogP contribution in [0.1, 0.15) is 116 Å². The first-order chi connectivity index (χ1) is 17.6. The van der Waals surface area contributed by atoms with E-state index in [2.05, 4.69) is 40.7 Å². The van der Waals surface area contributed by atoms with Gasteiger partial charge in [0.1, 0.15) is 11.9 Å². The quantitative estimate of drug-likeness (QED) is 0.271. The molecule has 2 nitrogen and oxygen atoms in total. The minimum absolute atomic E-state index is 0.0650. The zero-order valence-electron chi connectivity index (χ0n) is 23.9. The Morgan fingerprint density at radius 2 is 1.76 bits per heavy atom. The van der Waals surface area contributed by atoms with E-state index >= 15 is 0 Å². The van der Waals surface area contributed by atoms with Crippen LogP contribution in [0.5, 0.6) is 0 Å². The van der Waals surface area contributed by atoms with Gasteiger partial charge in [0.2, 0.25) is 0 Å². The summed E-state index contributed by atoms with van der Waals surface area (Å²) in [5.74, 6) is 4.37. The monoisotopic (exact) mass is 507 g/mol. The summed E-state index contributed by atoms with van der Waals surface area (Å²) in [4.78, 5) is 12.7.